The van der Waals surface area contributed by atoms with Crippen LogP contribution in [0.5, 0.6) is 0 Å². The van der Waals surface area contributed by atoms with Crippen LogP contribution >= 0.6 is 11.3 Å². The van der Waals surface area contributed by atoms with Crippen LogP contribution in [0.1, 0.15) is 23.2 Å². The lowest BCUT2D eigenvalue weighted by Crippen LogP contribution is -2.65. The minimum atomic E-state index is -5.05. The van der Waals surface area contributed by atoms with E-state index in [1.807, 2.05) is 29.2 Å². The number of carbonyl (C=O) groups is 3. The van der Waals surface area contributed by atoms with E-state index in [0.717, 1.165) is 10.1 Å². The number of amides is 3. The van der Waals surface area contributed by atoms with Gasteiger partial charge in [-0.3, -0.25) is 19.3 Å². The van der Waals surface area contributed by atoms with Gasteiger partial charge in [-0.15, -0.1) is 11.3 Å². The molecular formula is C25H30F3N5O4S. The summed E-state index contributed by atoms with van der Waals surface area (Å²) in [4.78, 5) is 44.7. The molecule has 1 atom stereocenters. The smallest absolute Gasteiger partial charge is 0.390 e. The van der Waals surface area contributed by atoms with E-state index in [-0.39, 0.29) is 44.7 Å². The third-order valence-electron chi connectivity index (χ3n) is 7.63. The van der Waals surface area contributed by atoms with Crippen molar-refractivity contribution in [1.82, 2.24) is 19.6 Å². The largest absolute Gasteiger partial charge is 0.471 e. The lowest BCUT2D eigenvalue weighted by atomic mass is 9.99. The molecule has 1 unspecified atom stereocenters. The number of nitrogen functional groups attached to an aromatic ring is 1. The molecule has 0 radical (unpaired) electrons. The Labute approximate surface area is 221 Å². The zero-order valence-electron chi connectivity index (χ0n) is 20.8. The number of piperidine rings is 1. The number of halogens is 3. The number of nitrogens with zero attached hydrogens (tertiary/aromatic N) is 4. The van der Waals surface area contributed by atoms with Gasteiger partial charge in [-0.2, -0.15) is 13.2 Å². The number of benzene rings is 1. The Hall–Kier alpha value is -2.90. The van der Waals surface area contributed by atoms with Crippen molar-refractivity contribution in [1.29, 1.82) is 0 Å². The van der Waals surface area contributed by atoms with Crippen LogP contribution in [-0.4, -0.2) is 115 Å². The summed E-state index contributed by atoms with van der Waals surface area (Å²) < 4.78 is 46.2. The number of fused-ring (bicyclic) bond motifs is 1. The molecule has 5 rings (SSSR count). The molecule has 3 amide bonds. The standard InChI is InChI=1S/C25H30F3N5O4S/c26-25(27,28)24(36)33-10-9-32(15-18(33)22(34)31-11-13-37-14-12-31)16-5-7-30(8-6-16)23(35)20-17-3-1-2-4-19(17)38-21(20)29/h1-4,16,18H,5-15,29H2. The molecule has 0 saturated carbocycles. The maximum Gasteiger partial charge on any atom is 0.471 e. The topological polar surface area (TPSA) is 99.4 Å². The zero-order chi connectivity index (χ0) is 27.0. The monoisotopic (exact) mass is 553 g/mol. The van der Waals surface area contributed by atoms with Crippen LogP contribution in [0, 0.1) is 0 Å². The summed E-state index contributed by atoms with van der Waals surface area (Å²) in [6, 6.07) is 6.35. The minimum absolute atomic E-state index is 0.0151. The van der Waals surface area contributed by atoms with Gasteiger partial charge >= 0.3 is 12.1 Å². The molecule has 3 aliphatic heterocycles. The van der Waals surface area contributed by atoms with Crippen molar-refractivity contribution < 1.29 is 32.3 Å². The van der Waals surface area contributed by atoms with Crippen LogP contribution in [0.4, 0.5) is 18.2 Å². The second kappa shape index (κ2) is 10.7. The molecule has 2 N–H and O–H groups in total. The number of rotatable bonds is 3. The molecule has 0 bridgehead atoms. The van der Waals surface area contributed by atoms with Gasteiger partial charge in [-0.25, -0.2) is 0 Å². The number of carbonyl (C=O) groups excluding carboxylic acids is 3. The lowest BCUT2D eigenvalue weighted by molar-refractivity contribution is -0.192. The number of piperazine rings is 1. The molecule has 206 valence electrons. The van der Waals surface area contributed by atoms with E-state index in [1.165, 1.54) is 16.2 Å². The van der Waals surface area contributed by atoms with Crippen LogP contribution in [-0.2, 0) is 14.3 Å². The Kier molecular flexibility index (Phi) is 7.51. The van der Waals surface area contributed by atoms with Crippen molar-refractivity contribution in [2.45, 2.75) is 31.1 Å². The highest BCUT2D eigenvalue weighted by molar-refractivity contribution is 7.23. The Bertz CT molecular complexity index is 1210. The normalized spacial score (nSPS) is 22.2. The zero-order valence-corrected chi connectivity index (χ0v) is 21.6. The van der Waals surface area contributed by atoms with Crippen molar-refractivity contribution in [2.24, 2.45) is 0 Å². The van der Waals surface area contributed by atoms with Crippen molar-refractivity contribution >= 4 is 44.1 Å². The quantitative estimate of drug-likeness (QED) is 0.625. The van der Waals surface area contributed by atoms with Gasteiger partial charge in [-0.1, -0.05) is 18.2 Å². The van der Waals surface area contributed by atoms with E-state index in [0.29, 0.717) is 54.6 Å². The predicted octanol–water partition coefficient (Wildman–Crippen LogP) is 2.02. The summed E-state index contributed by atoms with van der Waals surface area (Å²) in [7, 11) is 0. The number of thiophene rings is 1. The molecule has 3 saturated heterocycles. The van der Waals surface area contributed by atoms with Gasteiger partial charge in [-0.05, 0) is 18.9 Å². The molecule has 0 spiro atoms. The van der Waals surface area contributed by atoms with E-state index in [9.17, 15) is 27.6 Å². The number of hydrogen-bond acceptors (Lipinski definition) is 7. The highest BCUT2D eigenvalue weighted by atomic mass is 32.1. The van der Waals surface area contributed by atoms with Gasteiger partial charge in [0, 0.05) is 61.9 Å². The first kappa shape index (κ1) is 26.7. The van der Waals surface area contributed by atoms with Crippen molar-refractivity contribution in [3.63, 3.8) is 0 Å². The summed E-state index contributed by atoms with van der Waals surface area (Å²) in [6.45, 7) is 2.20. The maximum atomic E-state index is 13.3. The highest BCUT2D eigenvalue weighted by Gasteiger charge is 2.49. The highest BCUT2D eigenvalue weighted by Crippen LogP contribution is 2.35. The van der Waals surface area contributed by atoms with Crippen LogP contribution in [0.2, 0.25) is 0 Å². The van der Waals surface area contributed by atoms with Gasteiger partial charge < -0.3 is 25.2 Å². The molecule has 1 aromatic carbocycles. The van der Waals surface area contributed by atoms with Crippen LogP contribution in [0.15, 0.2) is 24.3 Å². The van der Waals surface area contributed by atoms with Crippen molar-refractivity contribution in [3.8, 4) is 0 Å². The van der Waals surface area contributed by atoms with Gasteiger partial charge in [0.2, 0.25) is 5.91 Å². The van der Waals surface area contributed by atoms with Gasteiger partial charge in [0.25, 0.3) is 5.91 Å². The lowest BCUT2D eigenvalue weighted by Gasteiger charge is -2.47. The first-order valence-electron chi connectivity index (χ1n) is 12.7. The molecule has 13 heteroatoms. The van der Waals surface area contributed by atoms with Crippen molar-refractivity contribution in [3.05, 3.63) is 29.8 Å². The van der Waals surface area contributed by atoms with Crippen LogP contribution in [0.25, 0.3) is 10.1 Å². The van der Waals surface area contributed by atoms with Gasteiger partial charge in [0.15, 0.2) is 0 Å². The van der Waals surface area contributed by atoms with E-state index < -0.39 is 24.0 Å². The average molecular weight is 554 g/mol. The fourth-order valence-corrected chi connectivity index (χ4v) is 6.59. The van der Waals surface area contributed by atoms with E-state index >= 15 is 0 Å². The van der Waals surface area contributed by atoms with E-state index in [2.05, 4.69) is 0 Å². The maximum absolute atomic E-state index is 13.3. The number of likely N-dealkylation sites (tertiary alicyclic amines) is 1. The number of hydrogen-bond donors (Lipinski definition) is 1. The molecule has 3 aliphatic rings. The Morgan fingerprint density at radius 2 is 1.63 bits per heavy atom. The van der Waals surface area contributed by atoms with Crippen molar-refractivity contribution in [2.75, 3.05) is 64.8 Å². The number of morpholine rings is 1. The molecule has 38 heavy (non-hydrogen) atoms. The predicted molar refractivity (Wildman–Crippen MR) is 136 cm³/mol. The summed E-state index contributed by atoms with van der Waals surface area (Å²) in [6.07, 6.45) is -3.83. The fraction of sp³-hybridized carbons (Fsp3) is 0.560. The van der Waals surface area contributed by atoms with E-state index in [1.54, 1.807) is 4.90 Å². The summed E-state index contributed by atoms with van der Waals surface area (Å²) >= 11 is 1.38. The molecule has 1 aromatic heterocycles. The summed E-state index contributed by atoms with van der Waals surface area (Å²) in [5.41, 5.74) is 6.70. The first-order valence-corrected chi connectivity index (χ1v) is 13.5. The average Bonchev–Trinajstić information content (AvgIpc) is 3.27. The van der Waals surface area contributed by atoms with Gasteiger partial charge in [0.05, 0.1) is 23.8 Å². The minimum Gasteiger partial charge on any atom is -0.390 e. The molecule has 4 heterocycles. The molecular weight excluding hydrogens is 523 g/mol. The Morgan fingerprint density at radius 1 is 0.947 bits per heavy atom. The third kappa shape index (κ3) is 5.19. The SMILES string of the molecule is Nc1sc2ccccc2c1C(=O)N1CCC(N2CCN(C(=O)C(F)(F)F)C(C(=O)N3CCOCC3)C2)CC1. The second-order valence-electron chi connectivity index (χ2n) is 9.81. The Morgan fingerprint density at radius 3 is 2.32 bits per heavy atom. The number of anilines is 1. The second-order valence-corrected chi connectivity index (χ2v) is 10.9. The van der Waals surface area contributed by atoms with Crippen LogP contribution in [0.3, 0.4) is 0 Å². The summed E-state index contributed by atoms with van der Waals surface area (Å²) in [5.74, 6) is -2.59. The molecule has 3 fully saturated rings. The number of ether oxygens (including phenoxy) is 1. The molecule has 2 aromatic rings. The molecule has 0 aliphatic carbocycles. The Balaban J connectivity index is 1.26. The van der Waals surface area contributed by atoms with Crippen LogP contribution < -0.4 is 5.73 Å². The number of alkyl halides is 3. The summed E-state index contributed by atoms with van der Waals surface area (Å²) in [5, 5.41) is 1.31. The molecule has 9 nitrogen and oxygen atoms in total. The van der Waals surface area contributed by atoms with E-state index in [4.69, 9.17) is 10.5 Å². The first-order chi connectivity index (χ1) is 18.1. The van der Waals surface area contributed by atoms with Gasteiger partial charge in [0.1, 0.15) is 6.04 Å². The number of nitrogens with two attached hydrogens (primary N) is 1. The fourth-order valence-electron chi connectivity index (χ4n) is 5.62. The third-order valence-corrected chi connectivity index (χ3v) is 8.63.